The molecule has 0 bridgehead atoms. The minimum Gasteiger partial charge on any atom is -0.478 e. The number of nitrogens with one attached hydrogen (secondary N) is 1. The predicted octanol–water partition coefficient (Wildman–Crippen LogP) is 8.68. The molecule has 2 saturated carbocycles. The molecule has 2 aromatic carbocycles. The van der Waals surface area contributed by atoms with Crippen molar-refractivity contribution in [1.82, 2.24) is 19.5 Å². The number of rotatable bonds is 9. The smallest absolute Gasteiger partial charge is 0.472 e. The number of H-pyrrole nitrogens is 1. The summed E-state index contributed by atoms with van der Waals surface area (Å²) in [5.74, 6) is -3.61. The summed E-state index contributed by atoms with van der Waals surface area (Å²) in [6.07, 6.45) is 6.37. The Kier molecular flexibility index (Phi) is 9.50. The SMILES string of the molecule is CCn1ccc2c(Cc3ncc(C4CC4)cc3C(=O)O)cccc21.COC(=O)c1cc(C2CC2)cnc1N(C(=O)C(F)(F)F)c1cccc2[nH]ccc12. The van der Waals surface area contributed by atoms with Crippen LogP contribution < -0.4 is 4.90 Å². The quantitative estimate of drug-likeness (QED) is 0.143. The third-order valence-electron chi connectivity index (χ3n) is 9.69. The topological polar surface area (TPSA) is 130 Å². The normalized spacial score (nSPS) is 14.1. The molecule has 0 radical (unpaired) electrons. The molecular weight excluding hydrogens is 687 g/mol. The zero-order valence-corrected chi connectivity index (χ0v) is 29.0. The molecule has 2 aliphatic rings. The number of methoxy groups -OCH3 is 1. The van der Waals surface area contributed by atoms with Crippen LogP contribution in [-0.4, -0.2) is 55.8 Å². The van der Waals surface area contributed by atoms with Crippen molar-refractivity contribution >= 4 is 51.2 Å². The molecule has 0 aliphatic heterocycles. The summed E-state index contributed by atoms with van der Waals surface area (Å²) in [7, 11) is 1.12. The van der Waals surface area contributed by atoms with Gasteiger partial charge < -0.3 is 19.4 Å². The number of alkyl halides is 3. The van der Waals surface area contributed by atoms with Crippen molar-refractivity contribution < 1.29 is 37.4 Å². The zero-order chi connectivity index (χ0) is 37.4. The number of aromatic carboxylic acids is 1. The molecule has 1 amide bonds. The number of ether oxygens (including phenoxy) is 1. The fraction of sp³-hybridized carbons (Fsp3) is 0.275. The highest BCUT2D eigenvalue weighted by Gasteiger charge is 2.46. The molecular formula is C40H36F3N5O5. The molecule has 0 unspecified atom stereocenters. The van der Waals surface area contributed by atoms with Gasteiger partial charge in [0.1, 0.15) is 5.56 Å². The van der Waals surface area contributed by atoms with E-state index < -0.39 is 29.8 Å². The maximum absolute atomic E-state index is 13.5. The van der Waals surface area contributed by atoms with Crippen LogP contribution in [0.5, 0.6) is 0 Å². The standard InChI is InChI=1S/C20H16F3N3O3.C20H20N2O2/c1-29-18(27)14-9-12(11-5-6-11)10-25-17(14)26(19(28)20(21,22)23)16-4-2-3-15-13(16)7-8-24-15;1-2-22-9-8-16-14(4-3-5-19(16)22)11-18-17(20(23)24)10-15(12-21-18)13-6-7-13/h2-4,7-11,24H,5-6H2,1H3;3-5,8-10,12-13H,2,6-7,11H2,1H3,(H,23,24). The Morgan fingerprint density at radius 3 is 2.25 bits per heavy atom. The second-order valence-electron chi connectivity index (χ2n) is 13.2. The first kappa shape index (κ1) is 35.4. The first-order chi connectivity index (χ1) is 25.5. The van der Waals surface area contributed by atoms with Gasteiger partial charge in [-0.1, -0.05) is 18.2 Å². The molecule has 0 saturated heterocycles. The van der Waals surface area contributed by atoms with Crippen molar-refractivity contribution in [3.63, 3.8) is 0 Å². The number of pyridine rings is 2. The lowest BCUT2D eigenvalue weighted by molar-refractivity contribution is -0.169. The van der Waals surface area contributed by atoms with E-state index in [1.165, 1.54) is 35.3 Å². The molecule has 2 fully saturated rings. The van der Waals surface area contributed by atoms with Crippen LogP contribution in [0.1, 0.15) is 87.5 Å². The summed E-state index contributed by atoms with van der Waals surface area (Å²) in [6, 6.07) is 17.7. The number of aromatic nitrogens is 4. The number of benzene rings is 2. The van der Waals surface area contributed by atoms with E-state index in [9.17, 15) is 32.7 Å². The summed E-state index contributed by atoms with van der Waals surface area (Å²) in [6.45, 7) is 3.04. The van der Waals surface area contributed by atoms with E-state index in [2.05, 4.69) is 50.8 Å². The summed E-state index contributed by atoms with van der Waals surface area (Å²) in [4.78, 5) is 48.4. The second-order valence-corrected chi connectivity index (χ2v) is 13.2. The Hall–Kier alpha value is -5.98. The summed E-state index contributed by atoms with van der Waals surface area (Å²) >= 11 is 0. The average molecular weight is 724 g/mol. The van der Waals surface area contributed by atoms with Gasteiger partial charge >= 0.3 is 24.0 Å². The van der Waals surface area contributed by atoms with Gasteiger partial charge in [-0.25, -0.2) is 14.6 Å². The van der Waals surface area contributed by atoms with E-state index >= 15 is 0 Å². The van der Waals surface area contributed by atoms with E-state index in [-0.39, 0.29) is 17.2 Å². The third-order valence-corrected chi connectivity index (χ3v) is 9.69. The summed E-state index contributed by atoms with van der Waals surface area (Å²) in [5, 5.41) is 11.1. The highest BCUT2D eigenvalue weighted by molar-refractivity contribution is 6.12. The number of esters is 1. The van der Waals surface area contributed by atoms with Crippen molar-refractivity contribution in [2.75, 3.05) is 12.0 Å². The number of carboxylic acid groups (broad SMARTS) is 1. The highest BCUT2D eigenvalue weighted by Crippen LogP contribution is 2.43. The monoisotopic (exact) mass is 723 g/mol. The van der Waals surface area contributed by atoms with Gasteiger partial charge in [0.2, 0.25) is 0 Å². The van der Waals surface area contributed by atoms with E-state index in [4.69, 9.17) is 4.74 Å². The molecule has 53 heavy (non-hydrogen) atoms. The minimum atomic E-state index is -5.18. The molecule has 2 N–H and O–H groups in total. The number of hydrogen-bond donors (Lipinski definition) is 2. The Bertz CT molecular complexity index is 2360. The number of nitrogens with zero attached hydrogens (tertiary/aromatic N) is 4. The maximum Gasteiger partial charge on any atom is 0.472 e. The van der Waals surface area contributed by atoms with Crippen LogP contribution in [0.3, 0.4) is 0 Å². The van der Waals surface area contributed by atoms with Gasteiger partial charge in [0.15, 0.2) is 5.82 Å². The molecule has 4 heterocycles. The number of aromatic amines is 1. The average Bonchev–Trinajstić information content (AvgIpc) is 4.09. The van der Waals surface area contributed by atoms with Crippen LogP contribution in [0.15, 0.2) is 85.5 Å². The maximum atomic E-state index is 13.5. The molecule has 4 aromatic heterocycles. The highest BCUT2D eigenvalue weighted by atomic mass is 19.4. The van der Waals surface area contributed by atoms with E-state index in [0.717, 1.165) is 56.0 Å². The van der Waals surface area contributed by atoms with Gasteiger partial charge in [-0.3, -0.25) is 14.7 Å². The number of halogens is 3. The van der Waals surface area contributed by atoms with Gasteiger partial charge in [-0.15, -0.1) is 0 Å². The first-order valence-electron chi connectivity index (χ1n) is 17.3. The van der Waals surface area contributed by atoms with Gasteiger partial charge in [0.05, 0.1) is 24.1 Å². The number of carbonyl (C=O) groups is 3. The molecule has 272 valence electrons. The lowest BCUT2D eigenvalue weighted by Gasteiger charge is -2.25. The van der Waals surface area contributed by atoms with E-state index in [0.29, 0.717) is 39.4 Å². The molecule has 8 rings (SSSR count). The third kappa shape index (κ3) is 7.24. The number of carboxylic acids is 1. The number of fused-ring (bicyclic) bond motifs is 2. The summed E-state index contributed by atoms with van der Waals surface area (Å²) in [5.41, 5.74) is 5.38. The van der Waals surface area contributed by atoms with Crippen molar-refractivity contribution in [2.24, 2.45) is 0 Å². The van der Waals surface area contributed by atoms with Gasteiger partial charge in [0, 0.05) is 59.6 Å². The zero-order valence-electron chi connectivity index (χ0n) is 29.0. The van der Waals surface area contributed by atoms with Crippen LogP contribution in [0.25, 0.3) is 21.8 Å². The van der Waals surface area contributed by atoms with Crippen LogP contribution in [0.4, 0.5) is 24.7 Å². The Morgan fingerprint density at radius 2 is 1.60 bits per heavy atom. The van der Waals surface area contributed by atoms with Gasteiger partial charge in [-0.05, 0) is 104 Å². The van der Waals surface area contributed by atoms with Crippen LogP contribution in [-0.2, 0) is 22.5 Å². The van der Waals surface area contributed by atoms with Gasteiger partial charge in [0.25, 0.3) is 0 Å². The molecule has 10 nitrogen and oxygen atoms in total. The molecule has 13 heteroatoms. The van der Waals surface area contributed by atoms with E-state index in [1.54, 1.807) is 18.3 Å². The number of anilines is 2. The largest absolute Gasteiger partial charge is 0.478 e. The lowest BCUT2D eigenvalue weighted by atomic mass is 10.00. The van der Waals surface area contributed by atoms with E-state index in [1.807, 2.05) is 18.3 Å². The van der Waals surface area contributed by atoms with Crippen molar-refractivity contribution in [3.05, 3.63) is 119 Å². The van der Waals surface area contributed by atoms with Crippen molar-refractivity contribution in [3.8, 4) is 0 Å². The number of hydrogen-bond acceptors (Lipinski definition) is 6. The van der Waals surface area contributed by atoms with Crippen molar-refractivity contribution in [2.45, 2.75) is 63.6 Å². The minimum absolute atomic E-state index is 0.0390. The second kappa shape index (κ2) is 14.2. The Labute approximate surface area is 302 Å². The molecule has 0 atom stereocenters. The van der Waals surface area contributed by atoms with Crippen LogP contribution in [0.2, 0.25) is 0 Å². The lowest BCUT2D eigenvalue weighted by Crippen LogP contribution is -2.39. The fourth-order valence-electron chi connectivity index (χ4n) is 6.63. The number of aryl methyl sites for hydroxylation is 1. The van der Waals surface area contributed by atoms with Crippen LogP contribution in [0, 0.1) is 0 Å². The number of amides is 1. The molecule has 6 aromatic rings. The van der Waals surface area contributed by atoms with Gasteiger partial charge in [-0.2, -0.15) is 13.2 Å². The predicted molar refractivity (Wildman–Crippen MR) is 193 cm³/mol. The first-order valence-corrected chi connectivity index (χ1v) is 17.3. The molecule has 2 aliphatic carbocycles. The Morgan fingerprint density at radius 1 is 0.925 bits per heavy atom. The fourth-order valence-corrected chi connectivity index (χ4v) is 6.63. The Balaban J connectivity index is 0.000000167. The van der Waals surface area contributed by atoms with Crippen LogP contribution >= 0.6 is 0 Å². The van der Waals surface area contributed by atoms with Crippen molar-refractivity contribution in [1.29, 1.82) is 0 Å². The number of carbonyl (C=O) groups excluding carboxylic acids is 2. The molecule has 0 spiro atoms. The summed E-state index contributed by atoms with van der Waals surface area (Å²) < 4.78 is 47.4.